The van der Waals surface area contributed by atoms with Gasteiger partial charge in [0.05, 0.1) is 10.5 Å². The van der Waals surface area contributed by atoms with Crippen LogP contribution in [0.5, 0.6) is 0 Å². The van der Waals surface area contributed by atoms with E-state index in [9.17, 15) is 26.4 Å². The molecular formula is C22H32F3N3O3S. The molecule has 32 heavy (non-hydrogen) atoms. The lowest BCUT2D eigenvalue weighted by Crippen LogP contribution is -2.54. The molecule has 2 fully saturated rings. The van der Waals surface area contributed by atoms with Crippen molar-refractivity contribution in [2.24, 2.45) is 5.92 Å². The lowest BCUT2D eigenvalue weighted by Gasteiger charge is -2.41. The van der Waals surface area contributed by atoms with Crippen molar-refractivity contribution in [2.75, 3.05) is 32.7 Å². The largest absolute Gasteiger partial charge is 0.416 e. The van der Waals surface area contributed by atoms with Crippen LogP contribution in [0, 0.1) is 5.92 Å². The fraction of sp³-hybridized carbons (Fsp3) is 0.682. The molecule has 180 valence electrons. The maximum Gasteiger partial charge on any atom is 0.416 e. The van der Waals surface area contributed by atoms with Crippen molar-refractivity contribution in [3.05, 3.63) is 29.8 Å². The van der Waals surface area contributed by atoms with Crippen LogP contribution in [0.4, 0.5) is 13.2 Å². The van der Waals surface area contributed by atoms with E-state index < -0.39 is 21.8 Å². The summed E-state index contributed by atoms with van der Waals surface area (Å²) in [6.45, 7) is 7.00. The molecular weight excluding hydrogens is 443 g/mol. The van der Waals surface area contributed by atoms with Crippen LogP contribution in [-0.2, 0) is 21.0 Å². The van der Waals surface area contributed by atoms with E-state index in [4.69, 9.17) is 0 Å². The Morgan fingerprint density at radius 2 is 1.69 bits per heavy atom. The lowest BCUT2D eigenvalue weighted by molar-refractivity contribution is -0.137. The molecule has 0 bridgehead atoms. The number of benzene rings is 1. The van der Waals surface area contributed by atoms with Crippen molar-refractivity contribution in [2.45, 2.75) is 62.6 Å². The maximum atomic E-state index is 13.0. The molecule has 2 aliphatic heterocycles. The van der Waals surface area contributed by atoms with Gasteiger partial charge in [0.1, 0.15) is 0 Å². The zero-order valence-corrected chi connectivity index (χ0v) is 19.4. The van der Waals surface area contributed by atoms with Crippen molar-refractivity contribution in [1.29, 1.82) is 0 Å². The van der Waals surface area contributed by atoms with Crippen LogP contribution in [0.25, 0.3) is 0 Å². The van der Waals surface area contributed by atoms with Gasteiger partial charge in [-0.3, -0.25) is 9.69 Å². The quantitative estimate of drug-likeness (QED) is 0.684. The van der Waals surface area contributed by atoms with E-state index in [1.807, 2.05) is 0 Å². The number of piperidine rings is 2. The second kappa shape index (κ2) is 9.69. The van der Waals surface area contributed by atoms with Gasteiger partial charge in [-0.25, -0.2) is 8.42 Å². The third-order valence-electron chi connectivity index (χ3n) is 6.53. The number of amides is 1. The Balaban J connectivity index is 1.55. The lowest BCUT2D eigenvalue weighted by atomic mass is 9.95. The molecule has 0 atom stereocenters. The molecule has 1 amide bonds. The number of hydrogen-bond acceptors (Lipinski definition) is 4. The van der Waals surface area contributed by atoms with Crippen LogP contribution in [0.15, 0.2) is 29.2 Å². The Morgan fingerprint density at radius 1 is 1.06 bits per heavy atom. The predicted octanol–water partition coefficient (Wildman–Crippen LogP) is 3.49. The number of likely N-dealkylation sites (tertiary alicyclic amines) is 1. The highest BCUT2D eigenvalue weighted by molar-refractivity contribution is 7.89. The number of nitrogens with one attached hydrogen (secondary N) is 1. The third kappa shape index (κ3) is 5.82. The van der Waals surface area contributed by atoms with Gasteiger partial charge in [-0.05, 0) is 70.8 Å². The Hall–Kier alpha value is -1.65. The molecule has 1 aromatic rings. The van der Waals surface area contributed by atoms with E-state index in [-0.39, 0.29) is 35.3 Å². The average Bonchev–Trinajstić information content (AvgIpc) is 2.78. The van der Waals surface area contributed by atoms with Crippen molar-refractivity contribution in [3.63, 3.8) is 0 Å². The summed E-state index contributed by atoms with van der Waals surface area (Å²) in [6.07, 6.45) is -0.367. The Labute approximate surface area is 188 Å². The molecule has 0 saturated carbocycles. The number of carbonyl (C=O) groups excluding carboxylic acids is 1. The van der Waals surface area contributed by atoms with Gasteiger partial charge in [-0.1, -0.05) is 12.5 Å². The van der Waals surface area contributed by atoms with Crippen molar-refractivity contribution >= 4 is 15.9 Å². The van der Waals surface area contributed by atoms with E-state index in [0.717, 1.165) is 38.1 Å². The first-order valence-corrected chi connectivity index (χ1v) is 12.6. The number of sulfonamides is 1. The maximum absolute atomic E-state index is 13.0. The molecule has 0 spiro atoms. The van der Waals surface area contributed by atoms with Gasteiger partial charge in [-0.15, -0.1) is 0 Å². The van der Waals surface area contributed by atoms with Crippen molar-refractivity contribution in [1.82, 2.24) is 14.5 Å². The van der Waals surface area contributed by atoms with E-state index in [0.29, 0.717) is 25.5 Å². The van der Waals surface area contributed by atoms with Gasteiger partial charge in [0, 0.05) is 31.1 Å². The van der Waals surface area contributed by atoms with Gasteiger partial charge in [0.25, 0.3) is 0 Å². The van der Waals surface area contributed by atoms with Gasteiger partial charge in [0.2, 0.25) is 15.9 Å². The molecule has 1 aromatic carbocycles. The van der Waals surface area contributed by atoms with E-state index in [2.05, 4.69) is 24.1 Å². The zero-order chi connectivity index (χ0) is 23.6. The number of hydrogen-bond donors (Lipinski definition) is 1. The van der Waals surface area contributed by atoms with Gasteiger partial charge in [-0.2, -0.15) is 17.5 Å². The first kappa shape index (κ1) is 25.0. The summed E-state index contributed by atoms with van der Waals surface area (Å²) < 4.78 is 65.7. The molecule has 1 N–H and O–H groups in total. The molecule has 0 aromatic heterocycles. The second-order valence-electron chi connectivity index (χ2n) is 9.28. The number of halogens is 3. The summed E-state index contributed by atoms with van der Waals surface area (Å²) in [5, 5.41) is 3.03. The fourth-order valence-electron chi connectivity index (χ4n) is 4.40. The highest BCUT2D eigenvalue weighted by Gasteiger charge is 2.36. The number of rotatable bonds is 6. The highest BCUT2D eigenvalue weighted by Crippen LogP contribution is 2.32. The topological polar surface area (TPSA) is 69.7 Å². The summed E-state index contributed by atoms with van der Waals surface area (Å²) in [4.78, 5) is 14.7. The SMILES string of the molecule is CC(C)(CNC(=O)C1CCN(S(=O)(=O)c2cccc(C(F)(F)F)c2)CC1)N1CCCCC1. The first-order chi connectivity index (χ1) is 14.9. The minimum Gasteiger partial charge on any atom is -0.354 e. The zero-order valence-electron chi connectivity index (χ0n) is 18.6. The Bertz CT molecular complexity index is 904. The summed E-state index contributed by atoms with van der Waals surface area (Å²) >= 11 is 0. The van der Waals surface area contributed by atoms with Crippen LogP contribution < -0.4 is 5.32 Å². The first-order valence-electron chi connectivity index (χ1n) is 11.1. The van der Waals surface area contributed by atoms with Gasteiger partial charge >= 0.3 is 6.18 Å². The molecule has 2 heterocycles. The number of nitrogens with zero attached hydrogens (tertiary/aromatic N) is 2. The number of alkyl halides is 3. The Kier molecular flexibility index (Phi) is 7.56. The summed E-state index contributed by atoms with van der Waals surface area (Å²) in [5.74, 6) is -0.397. The molecule has 3 rings (SSSR count). The fourth-order valence-corrected chi connectivity index (χ4v) is 5.92. The van der Waals surface area contributed by atoms with E-state index >= 15 is 0 Å². The minimum absolute atomic E-state index is 0.0915. The summed E-state index contributed by atoms with van der Waals surface area (Å²) in [5.41, 5.74) is -1.15. The van der Waals surface area contributed by atoms with Crippen LogP contribution in [0.2, 0.25) is 0 Å². The number of carbonyl (C=O) groups is 1. The van der Waals surface area contributed by atoms with Gasteiger partial charge in [0.15, 0.2) is 0 Å². The molecule has 2 saturated heterocycles. The smallest absolute Gasteiger partial charge is 0.354 e. The van der Waals surface area contributed by atoms with Crippen LogP contribution >= 0.6 is 0 Å². The minimum atomic E-state index is -4.61. The predicted molar refractivity (Wildman–Crippen MR) is 115 cm³/mol. The molecule has 0 radical (unpaired) electrons. The van der Waals surface area contributed by atoms with E-state index in [1.54, 1.807) is 0 Å². The third-order valence-corrected chi connectivity index (χ3v) is 8.43. The second-order valence-corrected chi connectivity index (χ2v) is 11.2. The van der Waals surface area contributed by atoms with Crippen molar-refractivity contribution < 1.29 is 26.4 Å². The van der Waals surface area contributed by atoms with E-state index in [1.165, 1.54) is 16.8 Å². The highest BCUT2D eigenvalue weighted by atomic mass is 32.2. The average molecular weight is 476 g/mol. The van der Waals surface area contributed by atoms with Crippen molar-refractivity contribution in [3.8, 4) is 0 Å². The molecule has 2 aliphatic rings. The van der Waals surface area contributed by atoms with Crippen LogP contribution in [0.1, 0.15) is 51.5 Å². The molecule has 10 heteroatoms. The Morgan fingerprint density at radius 3 is 2.28 bits per heavy atom. The molecule has 0 aliphatic carbocycles. The summed E-state index contributed by atoms with van der Waals surface area (Å²) in [7, 11) is -4.05. The standard InChI is InChI=1S/C22H32F3N3O3S/c1-21(2,27-11-4-3-5-12-27)16-26-20(29)17-9-13-28(14-10-17)32(30,31)19-8-6-7-18(15-19)22(23,24)25/h6-8,15,17H,3-5,9-14,16H2,1-2H3,(H,26,29). The molecule has 0 unspecified atom stereocenters. The normalized spacial score (nSPS) is 20.3. The summed E-state index contributed by atoms with van der Waals surface area (Å²) in [6, 6.07) is 3.78. The monoisotopic (exact) mass is 475 g/mol. The van der Waals surface area contributed by atoms with Crippen LogP contribution in [-0.4, -0.2) is 61.8 Å². The van der Waals surface area contributed by atoms with Gasteiger partial charge < -0.3 is 5.32 Å². The molecule has 6 nitrogen and oxygen atoms in total. The van der Waals surface area contributed by atoms with Crippen LogP contribution in [0.3, 0.4) is 0 Å².